The number of carbonyl (C=O) groups excluding carboxylic acids is 1. The molecule has 0 saturated carbocycles. The first-order valence-electron chi connectivity index (χ1n) is 7.33. The molecule has 2 aromatic carbocycles. The quantitative estimate of drug-likeness (QED) is 0.533. The van der Waals surface area contributed by atoms with Crippen molar-refractivity contribution in [3.63, 3.8) is 0 Å². The number of amides is 1. The van der Waals surface area contributed by atoms with Gasteiger partial charge in [0.25, 0.3) is 5.91 Å². The zero-order chi connectivity index (χ0) is 17.1. The van der Waals surface area contributed by atoms with Gasteiger partial charge in [0.05, 0.1) is 16.3 Å². The lowest BCUT2D eigenvalue weighted by Crippen LogP contribution is -2.12. The monoisotopic (exact) mass is 448 g/mol. The highest BCUT2D eigenvalue weighted by Crippen LogP contribution is 2.27. The van der Waals surface area contributed by atoms with Gasteiger partial charge in [0.1, 0.15) is 0 Å². The number of hydrogen-bond donors (Lipinski definition) is 1. The maximum atomic E-state index is 12.5. The molecule has 1 aromatic heterocycles. The highest BCUT2D eigenvalue weighted by Gasteiger charge is 2.12. The van der Waals surface area contributed by atoms with Crippen LogP contribution in [0, 0.1) is 10.5 Å². The Morgan fingerprint density at radius 1 is 1.12 bits per heavy atom. The van der Waals surface area contributed by atoms with Crippen LogP contribution in [0.4, 0.5) is 5.69 Å². The lowest BCUT2D eigenvalue weighted by Gasteiger charge is -2.10. The molecular weight excluding hydrogens is 435 g/mol. The van der Waals surface area contributed by atoms with Gasteiger partial charge in [-0.2, -0.15) is 0 Å². The second-order valence-corrected chi connectivity index (χ2v) is 6.92. The summed E-state index contributed by atoms with van der Waals surface area (Å²) in [5.74, 6) is -0.229. The summed E-state index contributed by atoms with van der Waals surface area (Å²) in [4.78, 5) is 16.8. The molecule has 24 heavy (non-hydrogen) atoms. The molecule has 120 valence electrons. The number of halogens is 2. The van der Waals surface area contributed by atoms with Gasteiger partial charge in [0, 0.05) is 21.0 Å². The molecule has 3 rings (SSSR count). The third-order valence-electron chi connectivity index (χ3n) is 3.53. The van der Waals surface area contributed by atoms with Crippen molar-refractivity contribution in [3.05, 3.63) is 80.5 Å². The van der Waals surface area contributed by atoms with Crippen LogP contribution in [0.2, 0.25) is 5.02 Å². The molecule has 1 N–H and O–H groups in total. The normalized spacial score (nSPS) is 10.5. The minimum atomic E-state index is -0.229. The molecule has 0 aliphatic carbocycles. The number of anilines is 1. The maximum absolute atomic E-state index is 12.5. The zero-order valence-corrected chi connectivity index (χ0v) is 15.8. The Labute approximate surface area is 159 Å². The summed E-state index contributed by atoms with van der Waals surface area (Å²) < 4.78 is 1.07. The van der Waals surface area contributed by atoms with Crippen molar-refractivity contribution >= 4 is 45.8 Å². The number of rotatable bonds is 3. The summed E-state index contributed by atoms with van der Waals surface area (Å²) in [5, 5.41) is 3.35. The van der Waals surface area contributed by atoms with Gasteiger partial charge in [0.2, 0.25) is 0 Å². The number of pyridine rings is 1. The van der Waals surface area contributed by atoms with Crippen LogP contribution < -0.4 is 5.32 Å². The number of benzene rings is 2. The maximum Gasteiger partial charge on any atom is 0.257 e. The Bertz CT molecular complexity index is 897. The largest absolute Gasteiger partial charge is 0.322 e. The molecule has 0 spiro atoms. The van der Waals surface area contributed by atoms with Crippen LogP contribution in [0.3, 0.4) is 0 Å². The molecular formula is C19H14ClIN2O. The number of aromatic nitrogens is 1. The first kappa shape index (κ1) is 16.9. The van der Waals surface area contributed by atoms with Crippen molar-refractivity contribution < 1.29 is 4.79 Å². The standard InChI is InChI=1S/C19H14ClIN2O/c1-12-5-7-14(16(20)10-12)19(24)23-13-6-8-17(21)15(11-13)18-4-2-3-9-22-18/h2-11H,1H3,(H,23,24). The summed E-state index contributed by atoms with van der Waals surface area (Å²) in [6, 6.07) is 16.9. The fourth-order valence-corrected chi connectivity index (χ4v) is 3.26. The van der Waals surface area contributed by atoms with Crippen molar-refractivity contribution in [1.29, 1.82) is 0 Å². The average Bonchev–Trinajstić information content (AvgIpc) is 2.57. The predicted molar refractivity (Wildman–Crippen MR) is 107 cm³/mol. The third kappa shape index (κ3) is 3.76. The summed E-state index contributed by atoms with van der Waals surface area (Å²) in [5.41, 5.74) is 4.02. The molecule has 0 unspecified atom stereocenters. The molecule has 5 heteroatoms. The smallest absolute Gasteiger partial charge is 0.257 e. The van der Waals surface area contributed by atoms with E-state index in [0.717, 1.165) is 20.4 Å². The molecule has 3 nitrogen and oxygen atoms in total. The molecule has 0 aliphatic rings. The fourth-order valence-electron chi connectivity index (χ4n) is 2.32. The number of nitrogens with zero attached hydrogens (tertiary/aromatic N) is 1. The van der Waals surface area contributed by atoms with E-state index in [0.29, 0.717) is 16.3 Å². The molecule has 1 amide bonds. The minimum Gasteiger partial charge on any atom is -0.322 e. The van der Waals surface area contributed by atoms with Gasteiger partial charge in [-0.1, -0.05) is 23.7 Å². The molecule has 0 fully saturated rings. The first-order valence-corrected chi connectivity index (χ1v) is 8.79. The van der Waals surface area contributed by atoms with Crippen LogP contribution in [-0.2, 0) is 0 Å². The van der Waals surface area contributed by atoms with Crippen molar-refractivity contribution in [2.24, 2.45) is 0 Å². The first-order chi connectivity index (χ1) is 11.5. The van der Waals surface area contributed by atoms with Crippen molar-refractivity contribution in [2.45, 2.75) is 6.92 Å². The Kier molecular flexibility index (Phi) is 5.16. The van der Waals surface area contributed by atoms with Gasteiger partial charge in [-0.3, -0.25) is 9.78 Å². The van der Waals surface area contributed by atoms with E-state index >= 15 is 0 Å². The number of hydrogen-bond acceptors (Lipinski definition) is 2. The van der Waals surface area contributed by atoms with Crippen LogP contribution in [0.5, 0.6) is 0 Å². The van der Waals surface area contributed by atoms with Crippen molar-refractivity contribution in [2.75, 3.05) is 5.32 Å². The van der Waals surface area contributed by atoms with E-state index in [1.165, 1.54) is 0 Å². The molecule has 0 atom stereocenters. The lowest BCUT2D eigenvalue weighted by atomic mass is 10.1. The third-order valence-corrected chi connectivity index (χ3v) is 4.79. The van der Waals surface area contributed by atoms with Gasteiger partial charge in [-0.05, 0) is 77.5 Å². The Balaban J connectivity index is 1.89. The van der Waals surface area contributed by atoms with Gasteiger partial charge in [0.15, 0.2) is 0 Å². The van der Waals surface area contributed by atoms with Gasteiger partial charge < -0.3 is 5.32 Å². The zero-order valence-electron chi connectivity index (χ0n) is 12.9. The summed E-state index contributed by atoms with van der Waals surface area (Å²) in [7, 11) is 0. The predicted octanol–water partition coefficient (Wildman–Crippen LogP) is 5.57. The van der Waals surface area contributed by atoms with E-state index in [2.05, 4.69) is 32.9 Å². The molecule has 0 saturated heterocycles. The van der Waals surface area contributed by atoms with E-state index in [4.69, 9.17) is 11.6 Å². The van der Waals surface area contributed by atoms with E-state index in [1.54, 1.807) is 18.3 Å². The highest BCUT2D eigenvalue weighted by molar-refractivity contribution is 14.1. The average molecular weight is 449 g/mol. The van der Waals surface area contributed by atoms with E-state index in [9.17, 15) is 4.79 Å². The van der Waals surface area contributed by atoms with Crippen LogP contribution in [0.1, 0.15) is 15.9 Å². The van der Waals surface area contributed by atoms with Crippen LogP contribution in [0.25, 0.3) is 11.3 Å². The topological polar surface area (TPSA) is 42.0 Å². The second-order valence-electron chi connectivity index (χ2n) is 5.35. The molecule has 1 heterocycles. The summed E-state index contributed by atoms with van der Waals surface area (Å²) >= 11 is 8.43. The van der Waals surface area contributed by atoms with Gasteiger partial charge in [-0.15, -0.1) is 0 Å². The van der Waals surface area contributed by atoms with Gasteiger partial charge in [-0.25, -0.2) is 0 Å². The van der Waals surface area contributed by atoms with E-state index < -0.39 is 0 Å². The molecule has 0 radical (unpaired) electrons. The summed E-state index contributed by atoms with van der Waals surface area (Å²) in [6.45, 7) is 1.94. The number of nitrogens with one attached hydrogen (secondary N) is 1. The minimum absolute atomic E-state index is 0.229. The Morgan fingerprint density at radius 3 is 2.67 bits per heavy atom. The van der Waals surface area contributed by atoms with E-state index in [-0.39, 0.29) is 5.91 Å². The Morgan fingerprint density at radius 2 is 1.96 bits per heavy atom. The fraction of sp³-hybridized carbons (Fsp3) is 0.0526. The van der Waals surface area contributed by atoms with Crippen LogP contribution >= 0.6 is 34.2 Å². The van der Waals surface area contributed by atoms with Crippen molar-refractivity contribution in [1.82, 2.24) is 4.98 Å². The van der Waals surface area contributed by atoms with Crippen LogP contribution in [-0.4, -0.2) is 10.9 Å². The Hall–Kier alpha value is -1.92. The number of carbonyl (C=O) groups is 1. The molecule has 0 bridgehead atoms. The van der Waals surface area contributed by atoms with Gasteiger partial charge >= 0.3 is 0 Å². The van der Waals surface area contributed by atoms with Crippen molar-refractivity contribution in [3.8, 4) is 11.3 Å². The second kappa shape index (κ2) is 7.32. The van der Waals surface area contributed by atoms with Crippen LogP contribution in [0.15, 0.2) is 60.8 Å². The highest BCUT2D eigenvalue weighted by atomic mass is 127. The van der Waals surface area contributed by atoms with E-state index in [1.807, 2.05) is 49.4 Å². The lowest BCUT2D eigenvalue weighted by molar-refractivity contribution is 0.102. The number of aryl methyl sites for hydroxylation is 1. The molecule has 3 aromatic rings. The SMILES string of the molecule is Cc1ccc(C(=O)Nc2ccc(I)c(-c3ccccn3)c2)c(Cl)c1. The molecule has 0 aliphatic heterocycles. The summed E-state index contributed by atoms with van der Waals surface area (Å²) in [6.07, 6.45) is 1.75.